The van der Waals surface area contributed by atoms with E-state index in [0.717, 1.165) is 12.1 Å². The molecule has 0 amide bonds. The molecule has 3 N–H and O–H groups in total. The van der Waals surface area contributed by atoms with E-state index in [-0.39, 0.29) is 41.1 Å². The number of nitrogens with zero attached hydrogens (tertiary/aromatic N) is 3. The fraction of sp³-hybridized carbons (Fsp3) is 0.294. The number of aryl methyl sites for hydroxylation is 1. The summed E-state index contributed by atoms with van der Waals surface area (Å²) in [5, 5.41) is 28.4. The molecule has 2 aromatic rings. The second-order valence-corrected chi connectivity index (χ2v) is 6.12. The molecule has 0 radical (unpaired) electrons. The molecule has 10 nitrogen and oxygen atoms in total. The number of rotatable bonds is 4. The van der Waals surface area contributed by atoms with Gasteiger partial charge in [-0.2, -0.15) is 5.26 Å². The lowest BCUT2D eigenvalue weighted by molar-refractivity contribution is -0.385. The van der Waals surface area contributed by atoms with E-state index in [2.05, 4.69) is 10.2 Å². The van der Waals surface area contributed by atoms with Crippen molar-refractivity contribution < 1.29 is 19.1 Å². The van der Waals surface area contributed by atoms with Gasteiger partial charge in [-0.1, -0.05) is 13.3 Å². The van der Waals surface area contributed by atoms with Gasteiger partial charge in [0.05, 0.1) is 22.5 Å². The summed E-state index contributed by atoms with van der Waals surface area (Å²) < 4.78 is 16.1. The van der Waals surface area contributed by atoms with Gasteiger partial charge in [-0.15, -0.1) is 5.10 Å². The van der Waals surface area contributed by atoms with E-state index in [4.69, 9.17) is 19.9 Å². The lowest BCUT2D eigenvalue weighted by Gasteiger charge is -2.24. The van der Waals surface area contributed by atoms with Crippen LogP contribution in [0.1, 0.15) is 36.1 Å². The largest absolute Gasteiger partial charge is 0.454 e. The number of ether oxygens (including phenoxy) is 3. The van der Waals surface area contributed by atoms with Crippen LogP contribution in [-0.4, -0.2) is 21.9 Å². The molecule has 2 aliphatic rings. The Morgan fingerprint density at radius 2 is 2.19 bits per heavy atom. The predicted octanol–water partition coefficient (Wildman–Crippen LogP) is 2.22. The highest BCUT2D eigenvalue weighted by molar-refractivity contribution is 5.64. The van der Waals surface area contributed by atoms with Crippen LogP contribution < -0.4 is 19.9 Å². The molecule has 10 heteroatoms. The first-order chi connectivity index (χ1) is 13.0. The van der Waals surface area contributed by atoms with Gasteiger partial charge in [0, 0.05) is 11.3 Å². The maximum absolute atomic E-state index is 11.7. The molecular weight excluding hydrogens is 354 g/mol. The number of aromatic amines is 1. The minimum atomic E-state index is -0.797. The molecule has 1 aromatic heterocycles. The average molecular weight is 369 g/mol. The number of nitrogens with two attached hydrogens (primary N) is 1. The van der Waals surface area contributed by atoms with Crippen LogP contribution in [-0.2, 0) is 6.42 Å². The van der Waals surface area contributed by atoms with Crippen LogP contribution in [0.2, 0.25) is 0 Å². The number of nitriles is 1. The van der Waals surface area contributed by atoms with Crippen molar-refractivity contribution in [2.45, 2.75) is 25.7 Å². The summed E-state index contributed by atoms with van der Waals surface area (Å²) in [6.07, 6.45) is 1.45. The van der Waals surface area contributed by atoms with Gasteiger partial charge in [0.15, 0.2) is 11.5 Å². The molecule has 0 fully saturated rings. The summed E-state index contributed by atoms with van der Waals surface area (Å²) >= 11 is 0. The summed E-state index contributed by atoms with van der Waals surface area (Å²) in [6, 6.07) is 4.85. The van der Waals surface area contributed by atoms with Crippen molar-refractivity contribution in [1.82, 2.24) is 10.2 Å². The average Bonchev–Trinajstić information content (AvgIpc) is 3.26. The Morgan fingerprint density at radius 3 is 2.85 bits per heavy atom. The van der Waals surface area contributed by atoms with E-state index in [1.165, 1.54) is 12.1 Å². The summed E-state index contributed by atoms with van der Waals surface area (Å²) in [4.78, 5) is 11.2. The summed E-state index contributed by atoms with van der Waals surface area (Å²) in [7, 11) is 0. The normalized spacial score (nSPS) is 17.3. The summed E-state index contributed by atoms with van der Waals surface area (Å²) in [6.45, 7) is 1.97. The number of H-pyrrole nitrogens is 1. The molecule has 0 saturated heterocycles. The van der Waals surface area contributed by atoms with E-state index in [1.807, 2.05) is 13.0 Å². The zero-order valence-corrected chi connectivity index (χ0v) is 14.3. The Labute approximate surface area is 153 Å². The van der Waals surface area contributed by atoms with Crippen molar-refractivity contribution in [3.8, 4) is 23.4 Å². The highest BCUT2D eigenvalue weighted by Gasteiger charge is 2.39. The molecule has 0 spiro atoms. The monoisotopic (exact) mass is 369 g/mol. The third-order valence-corrected chi connectivity index (χ3v) is 4.55. The number of nitro groups is 1. The van der Waals surface area contributed by atoms with Crippen LogP contribution >= 0.6 is 0 Å². The van der Waals surface area contributed by atoms with E-state index in [9.17, 15) is 15.4 Å². The van der Waals surface area contributed by atoms with Gasteiger partial charge in [0.1, 0.15) is 11.6 Å². The number of hydrogen-bond acceptors (Lipinski definition) is 8. The number of nitro benzene ring substituents is 1. The first-order valence-corrected chi connectivity index (χ1v) is 8.27. The topological polar surface area (TPSA) is 149 Å². The highest BCUT2D eigenvalue weighted by Crippen LogP contribution is 2.49. The molecule has 0 aliphatic carbocycles. The first-order valence-electron chi connectivity index (χ1n) is 8.27. The first kappa shape index (κ1) is 16.7. The van der Waals surface area contributed by atoms with Crippen molar-refractivity contribution >= 4 is 5.69 Å². The lowest BCUT2D eigenvalue weighted by Crippen LogP contribution is -2.22. The van der Waals surface area contributed by atoms with E-state index < -0.39 is 10.8 Å². The Morgan fingerprint density at radius 1 is 1.44 bits per heavy atom. The van der Waals surface area contributed by atoms with Gasteiger partial charge in [-0.05, 0) is 12.5 Å². The van der Waals surface area contributed by atoms with Crippen molar-refractivity contribution in [3.05, 3.63) is 50.5 Å². The minimum absolute atomic E-state index is 0.0230. The molecule has 0 saturated carbocycles. The van der Waals surface area contributed by atoms with Crippen molar-refractivity contribution in [1.29, 1.82) is 5.26 Å². The zero-order chi connectivity index (χ0) is 19.1. The van der Waals surface area contributed by atoms with Gasteiger partial charge >= 0.3 is 0 Å². The second kappa shape index (κ2) is 6.21. The van der Waals surface area contributed by atoms with Gasteiger partial charge in [0.25, 0.3) is 5.69 Å². The lowest BCUT2D eigenvalue weighted by atomic mass is 9.82. The smallest absolute Gasteiger partial charge is 0.277 e. The van der Waals surface area contributed by atoms with E-state index >= 15 is 0 Å². The fourth-order valence-corrected chi connectivity index (χ4v) is 3.40. The molecule has 138 valence electrons. The zero-order valence-electron chi connectivity index (χ0n) is 14.3. The second-order valence-electron chi connectivity index (χ2n) is 6.12. The predicted molar refractivity (Wildman–Crippen MR) is 91.1 cm³/mol. The number of hydrogen-bond donors (Lipinski definition) is 2. The number of fused-ring (bicyclic) bond motifs is 2. The van der Waals surface area contributed by atoms with Gasteiger partial charge in [-0.25, -0.2) is 0 Å². The van der Waals surface area contributed by atoms with Crippen LogP contribution in [0.3, 0.4) is 0 Å². The molecule has 1 atom stereocenters. The van der Waals surface area contributed by atoms with Crippen LogP contribution in [0.4, 0.5) is 5.69 Å². The number of benzene rings is 1. The highest BCUT2D eigenvalue weighted by atomic mass is 16.7. The minimum Gasteiger partial charge on any atom is -0.454 e. The summed E-state index contributed by atoms with van der Waals surface area (Å²) in [5.41, 5.74) is 7.39. The van der Waals surface area contributed by atoms with Crippen LogP contribution in [0.15, 0.2) is 23.6 Å². The Balaban J connectivity index is 1.99. The third-order valence-electron chi connectivity index (χ3n) is 4.55. The molecule has 0 unspecified atom stereocenters. The fourth-order valence-electron chi connectivity index (χ4n) is 3.40. The van der Waals surface area contributed by atoms with Gasteiger partial charge in [-0.3, -0.25) is 15.2 Å². The maximum atomic E-state index is 11.7. The SMILES string of the molecule is CCCc1[nH]nc2c1[C@H](c1cc3c(cc1[N+](=O)[O-])OCO3)C(C#N)=C(N)O2. The molecule has 3 heterocycles. The molecule has 4 rings (SSSR count). The van der Waals surface area contributed by atoms with Crippen molar-refractivity contribution in [2.75, 3.05) is 6.79 Å². The maximum Gasteiger partial charge on any atom is 0.277 e. The van der Waals surface area contributed by atoms with E-state index in [0.29, 0.717) is 17.7 Å². The molecule has 2 aliphatic heterocycles. The molecule has 0 bridgehead atoms. The van der Waals surface area contributed by atoms with E-state index in [1.54, 1.807) is 0 Å². The Hall–Kier alpha value is -3.74. The number of allylic oxidation sites excluding steroid dienone is 1. The number of aromatic nitrogens is 2. The number of nitrogens with one attached hydrogen (secondary N) is 1. The van der Waals surface area contributed by atoms with Crippen LogP contribution in [0.25, 0.3) is 0 Å². The van der Waals surface area contributed by atoms with Crippen LogP contribution in [0.5, 0.6) is 17.4 Å². The van der Waals surface area contributed by atoms with Crippen LogP contribution in [0, 0.1) is 21.4 Å². The Bertz CT molecular complexity index is 1020. The van der Waals surface area contributed by atoms with Gasteiger partial charge < -0.3 is 19.9 Å². The Kier molecular flexibility index (Phi) is 3.84. The quantitative estimate of drug-likeness (QED) is 0.615. The molecular formula is C17H15N5O5. The van der Waals surface area contributed by atoms with Crippen molar-refractivity contribution in [3.63, 3.8) is 0 Å². The summed E-state index contributed by atoms with van der Waals surface area (Å²) in [5.74, 6) is -0.0495. The third kappa shape index (κ3) is 2.52. The molecule has 27 heavy (non-hydrogen) atoms. The molecule has 1 aromatic carbocycles. The van der Waals surface area contributed by atoms with Gasteiger partial charge in [0.2, 0.25) is 18.6 Å². The van der Waals surface area contributed by atoms with Crippen molar-refractivity contribution in [2.24, 2.45) is 5.73 Å². The standard InChI is InChI=1S/C17H15N5O5/c1-2-3-10-15-14(9(6-18)16(19)27-17(15)21-20-10)8-4-12-13(26-7-25-12)5-11(8)22(23)24/h4-5,14H,2-3,7,19H2,1H3,(H,20,21)/t14-/m1/s1.